The highest BCUT2D eigenvalue weighted by atomic mass is 19.4. The molecule has 146 valence electrons. The van der Waals surface area contributed by atoms with Crippen LogP contribution in [-0.2, 0) is 15.7 Å². The van der Waals surface area contributed by atoms with Crippen molar-refractivity contribution in [1.29, 1.82) is 0 Å². The molecule has 0 saturated carbocycles. The molecule has 1 aliphatic heterocycles. The van der Waals surface area contributed by atoms with Crippen molar-refractivity contribution in [3.63, 3.8) is 0 Å². The largest absolute Gasteiger partial charge is 0.495 e. The van der Waals surface area contributed by atoms with Crippen LogP contribution < -0.4 is 10.1 Å². The lowest BCUT2D eigenvalue weighted by molar-refractivity contribution is -0.141. The number of aromatic nitrogens is 2. The molecule has 6 nitrogen and oxygen atoms in total. The standard InChI is InChI=1S/C19H16F3N3O3/c1-27-16-5-3-2-4-13(16)25-14(9-17(24-25)19(20,21)22)11-6-7-15-12(8-11)23-18(26)10-28-15/h4-9H,2-3,10H2,1H3,(H,23,26). The van der Waals surface area contributed by atoms with E-state index in [2.05, 4.69) is 10.4 Å². The minimum absolute atomic E-state index is 0.0998. The number of hydrogen-bond donors (Lipinski definition) is 1. The van der Waals surface area contributed by atoms with Crippen LogP contribution in [0.15, 0.2) is 42.2 Å². The number of nitrogens with one attached hydrogen (secondary N) is 1. The molecule has 1 aromatic carbocycles. The summed E-state index contributed by atoms with van der Waals surface area (Å²) >= 11 is 0. The zero-order valence-electron chi connectivity index (χ0n) is 14.8. The predicted molar refractivity (Wildman–Crippen MR) is 95.4 cm³/mol. The van der Waals surface area contributed by atoms with Gasteiger partial charge < -0.3 is 14.8 Å². The Morgan fingerprint density at radius 1 is 1.21 bits per heavy atom. The van der Waals surface area contributed by atoms with Gasteiger partial charge in [0, 0.05) is 5.56 Å². The number of methoxy groups -OCH3 is 1. The number of nitrogens with zero attached hydrogens (tertiary/aromatic N) is 2. The van der Waals surface area contributed by atoms with Gasteiger partial charge in [0.25, 0.3) is 5.91 Å². The van der Waals surface area contributed by atoms with Crippen LogP contribution in [0.5, 0.6) is 5.75 Å². The molecule has 28 heavy (non-hydrogen) atoms. The van der Waals surface area contributed by atoms with Crippen LogP contribution in [0.4, 0.5) is 18.9 Å². The van der Waals surface area contributed by atoms with E-state index in [9.17, 15) is 18.0 Å². The lowest BCUT2D eigenvalue weighted by Gasteiger charge is -2.20. The van der Waals surface area contributed by atoms with Crippen LogP contribution in [0.2, 0.25) is 0 Å². The van der Waals surface area contributed by atoms with Gasteiger partial charge in [-0.3, -0.25) is 4.79 Å². The highest BCUT2D eigenvalue weighted by molar-refractivity contribution is 5.96. The molecule has 0 radical (unpaired) electrons. The predicted octanol–water partition coefficient (Wildman–Crippen LogP) is 4.06. The van der Waals surface area contributed by atoms with E-state index < -0.39 is 11.9 Å². The minimum atomic E-state index is -4.60. The number of rotatable bonds is 3. The van der Waals surface area contributed by atoms with E-state index in [1.54, 1.807) is 24.3 Å². The number of ether oxygens (including phenoxy) is 2. The molecule has 1 aromatic heterocycles. The van der Waals surface area contributed by atoms with E-state index in [0.29, 0.717) is 34.9 Å². The third-order valence-electron chi connectivity index (χ3n) is 4.44. The molecule has 2 heterocycles. The molecule has 2 aliphatic rings. The first-order valence-corrected chi connectivity index (χ1v) is 8.56. The summed E-state index contributed by atoms with van der Waals surface area (Å²) in [6, 6.07) is 5.79. The quantitative estimate of drug-likeness (QED) is 0.857. The highest BCUT2D eigenvalue weighted by Crippen LogP contribution is 2.38. The Bertz CT molecular complexity index is 1010. The number of amides is 1. The van der Waals surface area contributed by atoms with Crippen LogP contribution in [0, 0.1) is 0 Å². The number of allylic oxidation sites excluding steroid dienone is 3. The van der Waals surface area contributed by atoms with Gasteiger partial charge in [-0.1, -0.05) is 6.08 Å². The second kappa shape index (κ2) is 6.74. The molecule has 1 aliphatic carbocycles. The molecule has 0 atom stereocenters. The molecule has 1 amide bonds. The third kappa shape index (κ3) is 3.23. The van der Waals surface area contributed by atoms with Crippen molar-refractivity contribution in [3.05, 3.63) is 47.9 Å². The Morgan fingerprint density at radius 3 is 2.75 bits per heavy atom. The smallest absolute Gasteiger partial charge is 0.435 e. The summed E-state index contributed by atoms with van der Waals surface area (Å²) in [7, 11) is 1.46. The monoisotopic (exact) mass is 391 g/mol. The number of hydrogen-bond acceptors (Lipinski definition) is 4. The van der Waals surface area contributed by atoms with Gasteiger partial charge in [-0.25, -0.2) is 4.68 Å². The number of alkyl halides is 3. The van der Waals surface area contributed by atoms with Crippen molar-refractivity contribution < 1.29 is 27.4 Å². The van der Waals surface area contributed by atoms with Crippen LogP contribution in [0.3, 0.4) is 0 Å². The number of carbonyl (C=O) groups excluding carboxylic acids is 1. The molecule has 2 aromatic rings. The van der Waals surface area contributed by atoms with Gasteiger partial charge in [0.15, 0.2) is 12.3 Å². The Labute approximate surface area is 158 Å². The SMILES string of the molecule is COC1=CCCC=C1n1nc(C(F)(F)F)cc1-c1ccc2c(c1)NC(=O)CO2. The van der Waals surface area contributed by atoms with Crippen molar-refractivity contribution >= 4 is 17.3 Å². The van der Waals surface area contributed by atoms with Gasteiger partial charge >= 0.3 is 6.18 Å². The molecular formula is C19H16F3N3O3. The summed E-state index contributed by atoms with van der Waals surface area (Å²) < 4.78 is 51.9. The van der Waals surface area contributed by atoms with Gasteiger partial charge in [0.1, 0.15) is 17.2 Å². The number of carbonyl (C=O) groups is 1. The summed E-state index contributed by atoms with van der Waals surface area (Å²) in [6.07, 6.45) is 0.403. The van der Waals surface area contributed by atoms with E-state index in [4.69, 9.17) is 9.47 Å². The average molecular weight is 391 g/mol. The Hall–Kier alpha value is -3.23. The van der Waals surface area contributed by atoms with E-state index >= 15 is 0 Å². The maximum absolute atomic E-state index is 13.3. The fraction of sp³-hybridized carbons (Fsp3) is 0.263. The van der Waals surface area contributed by atoms with Crippen molar-refractivity contribution in [2.24, 2.45) is 0 Å². The first kappa shape index (κ1) is 18.1. The van der Waals surface area contributed by atoms with Crippen LogP contribution in [0.25, 0.3) is 17.0 Å². The van der Waals surface area contributed by atoms with Gasteiger partial charge in [-0.2, -0.15) is 18.3 Å². The van der Waals surface area contributed by atoms with E-state index in [1.807, 2.05) is 6.08 Å². The molecule has 0 bridgehead atoms. The number of halogens is 3. The van der Waals surface area contributed by atoms with E-state index in [1.165, 1.54) is 11.8 Å². The van der Waals surface area contributed by atoms with E-state index in [0.717, 1.165) is 12.5 Å². The molecule has 1 N–H and O–H groups in total. The maximum atomic E-state index is 13.3. The second-order valence-electron chi connectivity index (χ2n) is 6.31. The van der Waals surface area contributed by atoms with Gasteiger partial charge in [-0.05, 0) is 43.2 Å². The molecule has 9 heteroatoms. The summed E-state index contributed by atoms with van der Waals surface area (Å²) in [4.78, 5) is 11.6. The van der Waals surface area contributed by atoms with E-state index in [-0.39, 0.29) is 18.2 Å². The van der Waals surface area contributed by atoms with Crippen LogP contribution in [0.1, 0.15) is 18.5 Å². The van der Waals surface area contributed by atoms with Crippen molar-refractivity contribution in [3.8, 4) is 17.0 Å². The summed E-state index contributed by atoms with van der Waals surface area (Å²) in [5, 5.41) is 6.45. The second-order valence-corrected chi connectivity index (χ2v) is 6.31. The normalized spacial score (nSPS) is 16.5. The van der Waals surface area contributed by atoms with Gasteiger partial charge in [-0.15, -0.1) is 0 Å². The molecular weight excluding hydrogens is 375 g/mol. The topological polar surface area (TPSA) is 65.4 Å². The van der Waals surface area contributed by atoms with Gasteiger partial charge in [0.2, 0.25) is 0 Å². The summed E-state index contributed by atoms with van der Waals surface area (Å²) in [6.45, 7) is -0.0998. The molecule has 0 saturated heterocycles. The average Bonchev–Trinajstić information content (AvgIpc) is 3.13. The van der Waals surface area contributed by atoms with Crippen molar-refractivity contribution in [2.45, 2.75) is 19.0 Å². The fourth-order valence-electron chi connectivity index (χ4n) is 3.17. The number of fused-ring (bicyclic) bond motifs is 1. The Balaban J connectivity index is 1.86. The lowest BCUT2D eigenvalue weighted by Crippen LogP contribution is -2.25. The zero-order valence-corrected chi connectivity index (χ0v) is 14.8. The number of benzene rings is 1. The Kier molecular flexibility index (Phi) is 4.37. The highest BCUT2D eigenvalue weighted by Gasteiger charge is 2.36. The zero-order chi connectivity index (χ0) is 19.9. The first-order chi connectivity index (χ1) is 13.4. The lowest BCUT2D eigenvalue weighted by atomic mass is 10.1. The van der Waals surface area contributed by atoms with Gasteiger partial charge in [0.05, 0.1) is 18.5 Å². The van der Waals surface area contributed by atoms with Crippen LogP contribution in [-0.4, -0.2) is 29.4 Å². The maximum Gasteiger partial charge on any atom is 0.435 e. The summed E-state index contributed by atoms with van der Waals surface area (Å²) in [5.41, 5.74) is 0.510. The Morgan fingerprint density at radius 2 is 2.00 bits per heavy atom. The van der Waals surface area contributed by atoms with Crippen LogP contribution >= 0.6 is 0 Å². The molecule has 4 rings (SSSR count). The molecule has 0 unspecified atom stereocenters. The van der Waals surface area contributed by atoms with Crippen molar-refractivity contribution in [2.75, 3.05) is 19.0 Å². The minimum Gasteiger partial charge on any atom is -0.495 e. The summed E-state index contributed by atoms with van der Waals surface area (Å²) in [5.74, 6) is 0.590. The molecule has 0 spiro atoms. The third-order valence-corrected chi connectivity index (χ3v) is 4.44. The first-order valence-electron chi connectivity index (χ1n) is 8.56. The van der Waals surface area contributed by atoms with Crippen molar-refractivity contribution in [1.82, 2.24) is 9.78 Å². The molecule has 0 fully saturated rings. The fourth-order valence-corrected chi connectivity index (χ4v) is 3.17. The number of anilines is 1.